The number of nitrogens with one attached hydrogen (secondary N) is 2. The quantitative estimate of drug-likeness (QED) is 0.280. The second-order valence-electron chi connectivity index (χ2n) is 6.50. The largest absolute Gasteiger partial charge is 0.507 e. The minimum absolute atomic E-state index is 0.00616. The van der Waals surface area contributed by atoms with Crippen molar-refractivity contribution >= 4 is 11.8 Å². The summed E-state index contributed by atoms with van der Waals surface area (Å²) in [4.78, 5) is 23.9. The van der Waals surface area contributed by atoms with Gasteiger partial charge in [-0.2, -0.15) is 0 Å². The Morgan fingerprint density at radius 2 is 1.65 bits per heavy atom. The van der Waals surface area contributed by atoms with E-state index < -0.39 is 29.9 Å². The Bertz CT molecular complexity index is 1080. The van der Waals surface area contributed by atoms with Crippen LogP contribution in [0.5, 0.6) is 5.75 Å². The minimum atomic E-state index is -3.37. The van der Waals surface area contributed by atoms with E-state index in [1.165, 1.54) is 30.3 Å². The van der Waals surface area contributed by atoms with Gasteiger partial charge in [0.2, 0.25) is 0 Å². The molecule has 2 rings (SSSR count). The average Bonchev–Trinajstić information content (AvgIpc) is 2.75. The van der Waals surface area contributed by atoms with E-state index in [0.29, 0.717) is 18.1 Å². The minimum Gasteiger partial charge on any atom is -0.507 e. The Morgan fingerprint density at radius 3 is 2.23 bits per heavy atom. The van der Waals surface area contributed by atoms with Crippen LogP contribution in [0.1, 0.15) is 28.4 Å². The number of phenolic OH excluding ortho intramolecular Hbond substituents is 1. The molecule has 0 aromatic heterocycles. The maximum absolute atomic E-state index is 13.0. The van der Waals surface area contributed by atoms with Crippen molar-refractivity contribution in [3.05, 3.63) is 65.2 Å². The second kappa shape index (κ2) is 10.2. The highest BCUT2D eigenvalue weighted by Crippen LogP contribution is 2.20. The highest BCUT2D eigenvalue weighted by atomic mass is 19.3. The van der Waals surface area contributed by atoms with Crippen LogP contribution in [0, 0.1) is 23.7 Å². The molecule has 7 nitrogen and oxygen atoms in total. The van der Waals surface area contributed by atoms with Crippen molar-refractivity contribution in [2.45, 2.75) is 25.0 Å². The molecule has 1 unspecified atom stereocenters. The van der Waals surface area contributed by atoms with Crippen LogP contribution in [0.2, 0.25) is 0 Å². The molecule has 0 bridgehead atoms. The molecule has 0 fully saturated rings. The second-order valence-corrected chi connectivity index (χ2v) is 6.50. The van der Waals surface area contributed by atoms with Gasteiger partial charge in [-0.3, -0.25) is 14.8 Å². The van der Waals surface area contributed by atoms with Crippen LogP contribution >= 0.6 is 0 Å². The Kier molecular flexibility index (Phi) is 7.70. The van der Waals surface area contributed by atoms with Crippen LogP contribution < -0.4 is 10.8 Å². The Hall–Kier alpha value is -3.92. The number of phenols is 1. The lowest BCUT2D eigenvalue weighted by atomic mass is 9.95. The number of carbonyl (C=O) groups is 2. The van der Waals surface area contributed by atoms with Crippen molar-refractivity contribution in [2.75, 3.05) is 0 Å². The van der Waals surface area contributed by atoms with E-state index in [1.807, 2.05) is 5.32 Å². The summed E-state index contributed by atoms with van der Waals surface area (Å²) >= 11 is 0. The van der Waals surface area contributed by atoms with Gasteiger partial charge in [0.05, 0.1) is 5.56 Å². The number of amides is 2. The molecule has 0 aliphatic heterocycles. The zero-order valence-corrected chi connectivity index (χ0v) is 16.2. The van der Waals surface area contributed by atoms with E-state index in [2.05, 4.69) is 23.7 Å². The number of rotatable bonds is 5. The molecule has 2 amide bonds. The molecule has 160 valence electrons. The molecule has 0 radical (unpaired) electrons. The van der Waals surface area contributed by atoms with Crippen LogP contribution in [0.4, 0.5) is 8.78 Å². The molecule has 5 N–H and O–H groups in total. The van der Waals surface area contributed by atoms with Crippen molar-refractivity contribution in [1.82, 2.24) is 10.8 Å². The molecule has 9 heteroatoms. The first-order valence-corrected chi connectivity index (χ1v) is 8.82. The Labute approximate surface area is 176 Å². The number of aromatic hydroxyl groups is 1. The van der Waals surface area contributed by atoms with Gasteiger partial charge in [-0.1, -0.05) is 18.1 Å². The monoisotopic (exact) mass is 428 g/mol. The fourth-order valence-electron chi connectivity index (χ4n) is 2.37. The van der Waals surface area contributed by atoms with Crippen LogP contribution in [0.3, 0.4) is 0 Å². The lowest BCUT2D eigenvalue weighted by Gasteiger charge is -2.30. The third-order valence-electron chi connectivity index (χ3n) is 4.19. The van der Waals surface area contributed by atoms with E-state index in [9.17, 15) is 28.6 Å². The van der Waals surface area contributed by atoms with Gasteiger partial charge in [0.15, 0.2) is 5.60 Å². The molecule has 0 aliphatic rings. The number of hydrogen-bond donors (Lipinski definition) is 5. The van der Waals surface area contributed by atoms with Crippen molar-refractivity contribution in [1.29, 1.82) is 0 Å². The first-order chi connectivity index (χ1) is 14.7. The number of carbonyl (C=O) groups excluding carboxylic acids is 2. The van der Waals surface area contributed by atoms with Crippen molar-refractivity contribution in [3.8, 4) is 29.4 Å². The van der Waals surface area contributed by atoms with Gasteiger partial charge in [0.1, 0.15) is 11.8 Å². The fraction of sp³-hybridized carbons (Fsp3) is 0.182. The number of para-hydroxylation sites is 1. The van der Waals surface area contributed by atoms with Gasteiger partial charge in [0.25, 0.3) is 18.2 Å². The standard InChI is InChI=1S/C22H18F2N2O5/c1-22(30,21(23)24)18(20(29)26-31)25-19(28)16-12-10-14(11-13-16)6-2-3-7-15-8-4-5-9-17(15)27/h4-5,8-13,18,21,27,30-31H,1H3,(H,25,28)(H,26,29)/t18-,22?/m1/s1. The zero-order chi connectivity index (χ0) is 23.0. The fourth-order valence-corrected chi connectivity index (χ4v) is 2.37. The van der Waals surface area contributed by atoms with Crippen molar-refractivity contribution < 1.29 is 33.8 Å². The van der Waals surface area contributed by atoms with Gasteiger partial charge in [-0.15, -0.1) is 0 Å². The average molecular weight is 428 g/mol. The molecular formula is C22H18F2N2O5. The van der Waals surface area contributed by atoms with E-state index >= 15 is 0 Å². The summed E-state index contributed by atoms with van der Waals surface area (Å²) in [7, 11) is 0. The molecule has 2 atom stereocenters. The number of benzene rings is 2. The van der Waals surface area contributed by atoms with Crippen LogP contribution in [0.15, 0.2) is 48.5 Å². The lowest BCUT2D eigenvalue weighted by Crippen LogP contribution is -2.61. The Balaban J connectivity index is 2.12. The molecule has 2 aromatic rings. The van der Waals surface area contributed by atoms with Gasteiger partial charge >= 0.3 is 0 Å². The lowest BCUT2D eigenvalue weighted by molar-refractivity contribution is -0.149. The summed E-state index contributed by atoms with van der Waals surface area (Å²) in [5.41, 5.74) is -0.854. The van der Waals surface area contributed by atoms with E-state index in [-0.39, 0.29) is 11.3 Å². The summed E-state index contributed by atoms with van der Waals surface area (Å²) in [6.45, 7) is 0.659. The number of hydroxylamine groups is 1. The molecular weight excluding hydrogens is 410 g/mol. The maximum Gasteiger partial charge on any atom is 0.269 e. The SMILES string of the molecule is CC(O)(C(F)F)[C@H](NC(=O)c1ccc(C#CC#Cc2ccccc2O)cc1)C(=O)NO. The smallest absolute Gasteiger partial charge is 0.269 e. The number of alkyl halides is 2. The molecule has 0 spiro atoms. The van der Waals surface area contributed by atoms with Gasteiger partial charge in [-0.25, -0.2) is 14.3 Å². The third-order valence-corrected chi connectivity index (χ3v) is 4.19. The van der Waals surface area contributed by atoms with Gasteiger partial charge < -0.3 is 15.5 Å². The summed E-state index contributed by atoms with van der Waals surface area (Å²) in [6.07, 6.45) is -3.37. The van der Waals surface area contributed by atoms with Crippen molar-refractivity contribution in [3.63, 3.8) is 0 Å². The third kappa shape index (κ3) is 6.03. The van der Waals surface area contributed by atoms with E-state index in [4.69, 9.17) is 5.21 Å². The molecule has 0 heterocycles. The number of aliphatic hydroxyl groups is 1. The molecule has 2 aromatic carbocycles. The molecule has 0 saturated carbocycles. The summed E-state index contributed by atoms with van der Waals surface area (Å²) in [5, 5.41) is 30.1. The van der Waals surface area contributed by atoms with Crippen LogP contribution in [0.25, 0.3) is 0 Å². The normalized spacial score (nSPS) is 13.0. The van der Waals surface area contributed by atoms with E-state index in [1.54, 1.807) is 18.2 Å². The molecule has 0 saturated heterocycles. The van der Waals surface area contributed by atoms with Crippen molar-refractivity contribution in [2.24, 2.45) is 0 Å². The predicted octanol–water partition coefficient (Wildman–Crippen LogP) is 1.42. The predicted molar refractivity (Wildman–Crippen MR) is 106 cm³/mol. The van der Waals surface area contributed by atoms with Crippen LogP contribution in [-0.2, 0) is 4.79 Å². The Morgan fingerprint density at radius 1 is 1.03 bits per heavy atom. The highest BCUT2D eigenvalue weighted by Gasteiger charge is 2.46. The maximum atomic E-state index is 13.0. The van der Waals surface area contributed by atoms with Crippen LogP contribution in [-0.4, -0.2) is 45.3 Å². The topological polar surface area (TPSA) is 119 Å². The zero-order valence-electron chi connectivity index (χ0n) is 16.2. The number of hydrogen-bond acceptors (Lipinski definition) is 5. The van der Waals surface area contributed by atoms with Gasteiger partial charge in [0, 0.05) is 11.1 Å². The molecule has 0 aliphatic carbocycles. The summed E-state index contributed by atoms with van der Waals surface area (Å²) < 4.78 is 26.1. The first kappa shape index (κ1) is 23.4. The summed E-state index contributed by atoms with van der Waals surface area (Å²) in [6, 6.07) is 10.0. The number of halogens is 2. The summed E-state index contributed by atoms with van der Waals surface area (Å²) in [5.74, 6) is 8.32. The van der Waals surface area contributed by atoms with E-state index in [0.717, 1.165) is 5.48 Å². The highest BCUT2D eigenvalue weighted by molar-refractivity contribution is 5.97. The molecule has 31 heavy (non-hydrogen) atoms. The van der Waals surface area contributed by atoms with Gasteiger partial charge in [-0.05, 0) is 61.1 Å². The first-order valence-electron chi connectivity index (χ1n) is 8.82.